The fourth-order valence-electron chi connectivity index (χ4n) is 3.99. The Morgan fingerprint density at radius 3 is 2.47 bits per heavy atom. The molecule has 0 N–H and O–H groups in total. The van der Waals surface area contributed by atoms with E-state index < -0.39 is 5.82 Å². The number of ether oxygens (including phenoxy) is 1. The van der Waals surface area contributed by atoms with Crippen LogP contribution in [0.1, 0.15) is 11.1 Å². The summed E-state index contributed by atoms with van der Waals surface area (Å²) in [4.78, 5) is 18.0. The molecule has 0 amide bonds. The third-order valence-electron chi connectivity index (χ3n) is 5.53. The average molecular weight is 431 g/mol. The van der Waals surface area contributed by atoms with E-state index in [9.17, 15) is 13.6 Å². The molecule has 0 saturated heterocycles. The minimum atomic E-state index is -0.393. The van der Waals surface area contributed by atoms with Crippen molar-refractivity contribution < 1.29 is 13.5 Å². The van der Waals surface area contributed by atoms with Crippen molar-refractivity contribution in [3.8, 4) is 5.75 Å². The molecular formula is C25H19F2N3O2. The smallest absolute Gasteiger partial charge is 0.278 e. The zero-order valence-corrected chi connectivity index (χ0v) is 17.3. The normalized spacial score (nSPS) is 11.3. The quantitative estimate of drug-likeness (QED) is 0.404. The summed E-state index contributed by atoms with van der Waals surface area (Å²) in [6.07, 6.45) is 1.45. The van der Waals surface area contributed by atoms with Gasteiger partial charge in [0.2, 0.25) is 0 Å². The van der Waals surface area contributed by atoms with Gasteiger partial charge < -0.3 is 9.30 Å². The first-order chi connectivity index (χ1) is 15.5. The Bertz CT molecular complexity index is 1500. The molecule has 2 heterocycles. The van der Waals surface area contributed by atoms with Gasteiger partial charge in [0.25, 0.3) is 5.56 Å². The maximum absolute atomic E-state index is 14.0. The Morgan fingerprint density at radius 1 is 0.906 bits per heavy atom. The number of nitrogens with zero attached hydrogens (tertiary/aromatic N) is 3. The van der Waals surface area contributed by atoms with Crippen LogP contribution < -0.4 is 10.3 Å². The molecule has 0 saturated carbocycles. The molecule has 0 spiro atoms. The van der Waals surface area contributed by atoms with Crippen LogP contribution in [0, 0.1) is 11.6 Å². The molecule has 2 aromatic heterocycles. The highest BCUT2D eigenvalue weighted by atomic mass is 19.1. The first-order valence-corrected chi connectivity index (χ1v) is 10.1. The Labute approximate surface area is 182 Å². The van der Waals surface area contributed by atoms with Crippen molar-refractivity contribution >= 4 is 21.9 Å². The van der Waals surface area contributed by atoms with Gasteiger partial charge in [0.05, 0.1) is 25.5 Å². The molecule has 0 aliphatic carbocycles. The van der Waals surface area contributed by atoms with E-state index in [-0.39, 0.29) is 17.9 Å². The van der Waals surface area contributed by atoms with E-state index in [1.165, 1.54) is 35.2 Å². The van der Waals surface area contributed by atoms with Crippen molar-refractivity contribution in [2.24, 2.45) is 0 Å². The fourth-order valence-corrected chi connectivity index (χ4v) is 3.99. The van der Waals surface area contributed by atoms with Crippen molar-refractivity contribution in [1.29, 1.82) is 0 Å². The molecule has 5 rings (SSSR count). The van der Waals surface area contributed by atoms with Gasteiger partial charge >= 0.3 is 0 Å². The first-order valence-electron chi connectivity index (χ1n) is 10.1. The summed E-state index contributed by atoms with van der Waals surface area (Å²) >= 11 is 0. The SMILES string of the molecule is COc1cccc(Cn2c3ccc(F)cc3c3ncn(Cc4ccc(F)cc4)c(=O)c32)c1. The van der Waals surface area contributed by atoms with Crippen molar-refractivity contribution in [2.45, 2.75) is 13.1 Å². The molecule has 0 unspecified atom stereocenters. The van der Waals surface area contributed by atoms with Crippen molar-refractivity contribution in [3.63, 3.8) is 0 Å². The van der Waals surface area contributed by atoms with Crippen LogP contribution in [0.4, 0.5) is 8.78 Å². The van der Waals surface area contributed by atoms with Gasteiger partial charge in [-0.25, -0.2) is 13.8 Å². The number of rotatable bonds is 5. The summed E-state index contributed by atoms with van der Waals surface area (Å²) < 4.78 is 35.9. The summed E-state index contributed by atoms with van der Waals surface area (Å²) in [7, 11) is 1.60. The number of aromatic nitrogens is 3. The van der Waals surface area contributed by atoms with Crippen LogP contribution in [-0.2, 0) is 13.1 Å². The van der Waals surface area contributed by atoms with E-state index in [2.05, 4.69) is 4.98 Å². The van der Waals surface area contributed by atoms with Gasteiger partial charge in [0.15, 0.2) is 0 Å². The van der Waals surface area contributed by atoms with Gasteiger partial charge in [-0.15, -0.1) is 0 Å². The molecule has 7 heteroatoms. The summed E-state index contributed by atoms with van der Waals surface area (Å²) in [5, 5.41) is 0.578. The maximum atomic E-state index is 14.0. The Kier molecular flexibility index (Phi) is 4.93. The zero-order valence-electron chi connectivity index (χ0n) is 17.3. The minimum Gasteiger partial charge on any atom is -0.497 e. The molecule has 0 fully saturated rings. The molecule has 5 aromatic rings. The highest BCUT2D eigenvalue weighted by Crippen LogP contribution is 2.28. The molecule has 0 radical (unpaired) electrons. The van der Waals surface area contributed by atoms with Crippen LogP contribution in [-0.4, -0.2) is 21.2 Å². The first kappa shape index (κ1) is 19.9. The minimum absolute atomic E-state index is 0.247. The third kappa shape index (κ3) is 3.51. The highest BCUT2D eigenvalue weighted by molar-refractivity contribution is 6.05. The molecule has 32 heavy (non-hydrogen) atoms. The zero-order chi connectivity index (χ0) is 22.2. The van der Waals surface area contributed by atoms with E-state index in [4.69, 9.17) is 4.74 Å². The lowest BCUT2D eigenvalue weighted by molar-refractivity contribution is 0.414. The van der Waals surface area contributed by atoms with Gasteiger partial charge in [0, 0.05) is 11.9 Å². The molecule has 0 aliphatic rings. The van der Waals surface area contributed by atoms with Crippen LogP contribution in [0.25, 0.3) is 21.9 Å². The van der Waals surface area contributed by atoms with E-state index in [1.54, 1.807) is 25.3 Å². The largest absolute Gasteiger partial charge is 0.497 e. The second-order valence-corrected chi connectivity index (χ2v) is 7.60. The summed E-state index contributed by atoms with van der Waals surface area (Å²) in [5.74, 6) is -0.0218. The number of methoxy groups -OCH3 is 1. The van der Waals surface area contributed by atoms with Gasteiger partial charge in [0.1, 0.15) is 28.4 Å². The Balaban J connectivity index is 1.70. The molecular weight excluding hydrogens is 412 g/mol. The summed E-state index contributed by atoms with van der Waals surface area (Å²) in [6, 6.07) is 18.0. The van der Waals surface area contributed by atoms with Crippen LogP contribution in [0.5, 0.6) is 5.75 Å². The van der Waals surface area contributed by atoms with Crippen molar-refractivity contribution in [3.05, 3.63) is 106 Å². The standard InChI is InChI=1S/C25H19F2N3O2/c1-32-20-4-2-3-17(11-20)14-30-22-10-9-19(27)12-21(22)23-24(30)25(31)29(15-28-23)13-16-5-7-18(26)8-6-16/h2-12,15H,13-14H2,1H3. The van der Waals surface area contributed by atoms with E-state index in [0.29, 0.717) is 34.2 Å². The number of benzene rings is 3. The van der Waals surface area contributed by atoms with Crippen LogP contribution in [0.3, 0.4) is 0 Å². The lowest BCUT2D eigenvalue weighted by Gasteiger charge is -2.10. The van der Waals surface area contributed by atoms with Crippen molar-refractivity contribution in [2.75, 3.05) is 7.11 Å². The molecule has 0 atom stereocenters. The van der Waals surface area contributed by atoms with E-state index in [1.807, 2.05) is 28.8 Å². The van der Waals surface area contributed by atoms with Gasteiger partial charge in [-0.3, -0.25) is 9.36 Å². The second kappa shape index (κ2) is 7.92. The van der Waals surface area contributed by atoms with Crippen LogP contribution in [0.2, 0.25) is 0 Å². The predicted octanol–water partition coefficient (Wildman–Crippen LogP) is 4.73. The number of hydrogen-bond donors (Lipinski definition) is 0. The van der Waals surface area contributed by atoms with Crippen molar-refractivity contribution in [1.82, 2.24) is 14.1 Å². The molecule has 5 nitrogen and oxygen atoms in total. The monoisotopic (exact) mass is 431 g/mol. The number of fused-ring (bicyclic) bond motifs is 3. The summed E-state index contributed by atoms with van der Waals surface area (Å²) in [5.41, 5.74) is 3.00. The predicted molar refractivity (Wildman–Crippen MR) is 119 cm³/mol. The molecule has 0 bridgehead atoms. The van der Waals surface area contributed by atoms with E-state index in [0.717, 1.165) is 11.1 Å². The van der Waals surface area contributed by atoms with Crippen LogP contribution in [0.15, 0.2) is 77.9 Å². The molecule has 3 aromatic carbocycles. The number of hydrogen-bond acceptors (Lipinski definition) is 3. The second-order valence-electron chi connectivity index (χ2n) is 7.60. The highest BCUT2D eigenvalue weighted by Gasteiger charge is 2.18. The number of halogens is 2. The Hall–Kier alpha value is -4.00. The maximum Gasteiger partial charge on any atom is 0.278 e. The summed E-state index contributed by atoms with van der Waals surface area (Å²) in [6.45, 7) is 0.636. The average Bonchev–Trinajstić information content (AvgIpc) is 3.10. The fraction of sp³-hybridized carbons (Fsp3) is 0.120. The third-order valence-corrected chi connectivity index (χ3v) is 5.53. The van der Waals surface area contributed by atoms with Crippen LogP contribution >= 0.6 is 0 Å². The lowest BCUT2D eigenvalue weighted by Crippen LogP contribution is -2.23. The van der Waals surface area contributed by atoms with Gasteiger partial charge in [-0.1, -0.05) is 24.3 Å². The van der Waals surface area contributed by atoms with Gasteiger partial charge in [-0.05, 0) is 53.6 Å². The topological polar surface area (TPSA) is 49.0 Å². The molecule has 0 aliphatic heterocycles. The molecule has 160 valence electrons. The lowest BCUT2D eigenvalue weighted by atomic mass is 10.2. The van der Waals surface area contributed by atoms with E-state index >= 15 is 0 Å². The van der Waals surface area contributed by atoms with Gasteiger partial charge in [-0.2, -0.15) is 0 Å². The Morgan fingerprint density at radius 2 is 1.69 bits per heavy atom.